The molecule has 124 valence electrons. The maximum absolute atomic E-state index is 10.9. The number of carbonyl (C=O) groups excluding carboxylic acids is 1. The van der Waals surface area contributed by atoms with E-state index in [-0.39, 0.29) is 5.97 Å². The van der Waals surface area contributed by atoms with Gasteiger partial charge in [0.2, 0.25) is 0 Å². The van der Waals surface area contributed by atoms with Gasteiger partial charge in [-0.25, -0.2) is 0 Å². The zero-order valence-electron chi connectivity index (χ0n) is 14.0. The van der Waals surface area contributed by atoms with Gasteiger partial charge in [0.1, 0.15) is 0 Å². The summed E-state index contributed by atoms with van der Waals surface area (Å²) in [6, 6.07) is 0. The third-order valence-corrected chi connectivity index (χ3v) is 3.02. The zero-order valence-corrected chi connectivity index (χ0v) is 14.0. The zero-order chi connectivity index (χ0) is 16.3. The van der Waals surface area contributed by atoms with E-state index in [2.05, 4.69) is 23.8 Å². The molecule has 0 aromatic heterocycles. The van der Waals surface area contributed by atoms with E-state index in [1.807, 2.05) is 24.3 Å². The second kappa shape index (κ2) is 17.3. The van der Waals surface area contributed by atoms with Crippen molar-refractivity contribution in [3.8, 4) is 0 Å². The smallest absolute Gasteiger partial charge is 0.305 e. The maximum atomic E-state index is 10.9. The summed E-state index contributed by atoms with van der Waals surface area (Å²) in [6.45, 7) is 2.10. The van der Waals surface area contributed by atoms with Crippen molar-refractivity contribution in [2.45, 2.75) is 58.3 Å². The Bertz CT molecular complexity index is 365. The first-order valence-corrected chi connectivity index (χ1v) is 8.17. The van der Waals surface area contributed by atoms with Gasteiger partial charge < -0.3 is 9.47 Å². The van der Waals surface area contributed by atoms with Crippen LogP contribution in [-0.4, -0.2) is 13.1 Å². The lowest BCUT2D eigenvalue weighted by Crippen LogP contribution is -1.98. The molecule has 0 heterocycles. The van der Waals surface area contributed by atoms with Gasteiger partial charge >= 0.3 is 5.97 Å². The molecule has 0 aromatic rings. The van der Waals surface area contributed by atoms with Crippen LogP contribution in [0.3, 0.4) is 0 Å². The minimum Gasteiger partial charge on any atom is -0.473 e. The highest BCUT2D eigenvalue weighted by Gasteiger charge is 1.98. The molecule has 3 nitrogen and oxygen atoms in total. The third kappa shape index (κ3) is 16.3. The quantitative estimate of drug-likeness (QED) is 0.196. The van der Waals surface area contributed by atoms with Crippen molar-refractivity contribution in [1.82, 2.24) is 0 Å². The van der Waals surface area contributed by atoms with Gasteiger partial charge in [0.15, 0.2) is 0 Å². The van der Waals surface area contributed by atoms with Crippen LogP contribution in [0, 0.1) is 0 Å². The van der Waals surface area contributed by atoms with Gasteiger partial charge in [0, 0.05) is 6.42 Å². The molecular formula is C19H30O3. The average Bonchev–Trinajstić information content (AvgIpc) is 2.54. The number of methoxy groups -OCH3 is 1. The Morgan fingerprint density at radius 3 is 2.18 bits per heavy atom. The first kappa shape index (κ1) is 20.2. The summed E-state index contributed by atoms with van der Waals surface area (Å²) in [7, 11) is 1.44. The third-order valence-electron chi connectivity index (χ3n) is 3.02. The average molecular weight is 306 g/mol. The van der Waals surface area contributed by atoms with Crippen LogP contribution in [0.15, 0.2) is 49.0 Å². The molecule has 0 atom stereocenters. The van der Waals surface area contributed by atoms with Crippen molar-refractivity contribution >= 4 is 5.97 Å². The number of unbranched alkanes of at least 4 members (excludes halogenated alkanes) is 5. The van der Waals surface area contributed by atoms with Crippen LogP contribution in [0.5, 0.6) is 0 Å². The lowest BCUT2D eigenvalue weighted by atomic mass is 10.1. The van der Waals surface area contributed by atoms with Crippen molar-refractivity contribution in [2.24, 2.45) is 0 Å². The van der Waals surface area contributed by atoms with Gasteiger partial charge in [-0.05, 0) is 37.8 Å². The Labute approximate surface area is 135 Å². The Balaban J connectivity index is 3.35. The fourth-order valence-electron chi connectivity index (χ4n) is 1.78. The summed E-state index contributed by atoms with van der Waals surface area (Å²) in [5.41, 5.74) is 0. The molecule has 0 aliphatic rings. The number of carbonyl (C=O) groups is 1. The largest absolute Gasteiger partial charge is 0.473 e. The summed E-state index contributed by atoms with van der Waals surface area (Å²) in [5.74, 6) is -0.104. The molecule has 22 heavy (non-hydrogen) atoms. The van der Waals surface area contributed by atoms with Crippen LogP contribution in [0.4, 0.5) is 0 Å². The van der Waals surface area contributed by atoms with Gasteiger partial charge in [0.25, 0.3) is 0 Å². The normalized spacial score (nSPS) is 12.1. The highest BCUT2D eigenvalue weighted by molar-refractivity contribution is 5.68. The first-order chi connectivity index (χ1) is 10.8. The van der Waals surface area contributed by atoms with Crippen molar-refractivity contribution in [3.63, 3.8) is 0 Å². The molecule has 0 unspecified atom stereocenters. The summed E-state index contributed by atoms with van der Waals surface area (Å²) < 4.78 is 9.78. The number of hydrogen-bond donors (Lipinski definition) is 0. The van der Waals surface area contributed by atoms with Gasteiger partial charge in [0.05, 0.1) is 19.6 Å². The molecule has 0 amide bonds. The SMILES string of the molecule is CCC=CC=COC=CC=CCCCCCCCC(=O)OC. The predicted octanol–water partition coefficient (Wildman–Crippen LogP) is 5.46. The van der Waals surface area contributed by atoms with Crippen LogP contribution in [0.1, 0.15) is 58.3 Å². The van der Waals surface area contributed by atoms with Crippen LogP contribution in [0.2, 0.25) is 0 Å². The molecule has 0 spiro atoms. The fourth-order valence-corrected chi connectivity index (χ4v) is 1.78. The molecule has 0 bridgehead atoms. The van der Waals surface area contributed by atoms with E-state index in [0.29, 0.717) is 6.42 Å². The van der Waals surface area contributed by atoms with Crippen LogP contribution < -0.4 is 0 Å². The van der Waals surface area contributed by atoms with E-state index in [1.54, 1.807) is 12.5 Å². The van der Waals surface area contributed by atoms with Gasteiger partial charge in [-0.15, -0.1) is 0 Å². The maximum Gasteiger partial charge on any atom is 0.305 e. The monoisotopic (exact) mass is 306 g/mol. The number of esters is 1. The standard InChI is InChI=1S/C19H30O3/c1-3-4-5-14-17-22-18-15-12-10-8-6-7-9-11-13-16-19(20)21-2/h4-5,10,12,14-15,17-18H,3,6-9,11,13,16H2,1-2H3. The molecular weight excluding hydrogens is 276 g/mol. The van der Waals surface area contributed by atoms with Crippen molar-refractivity contribution in [1.29, 1.82) is 0 Å². The minimum atomic E-state index is -0.104. The summed E-state index contributed by atoms with van der Waals surface area (Å²) >= 11 is 0. The Hall–Kier alpha value is -1.77. The Kier molecular flexibility index (Phi) is 15.9. The molecule has 0 radical (unpaired) electrons. The van der Waals surface area contributed by atoms with E-state index < -0.39 is 0 Å². The van der Waals surface area contributed by atoms with Crippen LogP contribution >= 0.6 is 0 Å². The first-order valence-electron chi connectivity index (χ1n) is 8.17. The van der Waals surface area contributed by atoms with Crippen LogP contribution in [0.25, 0.3) is 0 Å². The highest BCUT2D eigenvalue weighted by atomic mass is 16.5. The summed E-state index contributed by atoms with van der Waals surface area (Å²) in [6.07, 6.45) is 23.6. The fraction of sp³-hybridized carbons (Fsp3) is 0.526. The van der Waals surface area contributed by atoms with E-state index in [4.69, 9.17) is 4.74 Å². The second-order valence-corrected chi connectivity index (χ2v) is 4.94. The van der Waals surface area contributed by atoms with E-state index >= 15 is 0 Å². The van der Waals surface area contributed by atoms with Gasteiger partial charge in [-0.2, -0.15) is 0 Å². The molecule has 0 aliphatic carbocycles. The van der Waals surface area contributed by atoms with Crippen molar-refractivity contribution < 1.29 is 14.3 Å². The molecule has 0 N–H and O–H groups in total. The highest BCUT2D eigenvalue weighted by Crippen LogP contribution is 2.08. The van der Waals surface area contributed by atoms with E-state index in [1.165, 1.54) is 26.4 Å². The lowest BCUT2D eigenvalue weighted by molar-refractivity contribution is -0.140. The van der Waals surface area contributed by atoms with Gasteiger partial charge in [-0.3, -0.25) is 4.79 Å². The molecule has 0 fully saturated rings. The van der Waals surface area contributed by atoms with Crippen molar-refractivity contribution in [2.75, 3.05) is 7.11 Å². The molecule has 0 saturated heterocycles. The number of hydrogen-bond acceptors (Lipinski definition) is 3. The van der Waals surface area contributed by atoms with Crippen molar-refractivity contribution in [3.05, 3.63) is 49.0 Å². The lowest BCUT2D eigenvalue weighted by Gasteiger charge is -1.99. The Morgan fingerprint density at radius 1 is 0.864 bits per heavy atom. The van der Waals surface area contributed by atoms with E-state index in [9.17, 15) is 4.79 Å². The summed E-state index contributed by atoms with van der Waals surface area (Å²) in [4.78, 5) is 10.9. The minimum absolute atomic E-state index is 0.104. The predicted molar refractivity (Wildman–Crippen MR) is 92.3 cm³/mol. The molecule has 0 rings (SSSR count). The Morgan fingerprint density at radius 2 is 1.50 bits per heavy atom. The topological polar surface area (TPSA) is 35.5 Å². The molecule has 0 aliphatic heterocycles. The number of rotatable bonds is 13. The second-order valence-electron chi connectivity index (χ2n) is 4.94. The number of ether oxygens (including phenoxy) is 2. The molecule has 0 aromatic carbocycles. The van der Waals surface area contributed by atoms with Gasteiger partial charge in [-0.1, -0.05) is 50.5 Å². The molecule has 3 heteroatoms. The molecule has 0 saturated carbocycles. The van der Waals surface area contributed by atoms with Crippen LogP contribution in [-0.2, 0) is 14.3 Å². The number of allylic oxidation sites excluding steroid dienone is 6. The summed E-state index contributed by atoms with van der Waals surface area (Å²) in [5, 5.41) is 0. The van der Waals surface area contributed by atoms with E-state index in [0.717, 1.165) is 25.7 Å².